The predicted molar refractivity (Wildman–Crippen MR) is 88.0 cm³/mol. The summed E-state index contributed by atoms with van der Waals surface area (Å²) in [7, 11) is 0. The van der Waals surface area contributed by atoms with E-state index in [0.29, 0.717) is 0 Å². The topological polar surface area (TPSA) is 41.6 Å². The molecule has 2 aromatic heterocycles. The molecule has 0 saturated heterocycles. The Labute approximate surface area is 124 Å². The van der Waals surface area contributed by atoms with E-state index in [9.17, 15) is 0 Å². The molecule has 0 unspecified atom stereocenters. The zero-order valence-corrected chi connectivity index (χ0v) is 12.6. The Hall–Kier alpha value is -2.42. The third kappa shape index (κ3) is 2.59. The third-order valence-corrected chi connectivity index (χ3v) is 3.89. The van der Waals surface area contributed by atoms with Crippen LogP contribution in [-0.4, -0.2) is 15.2 Å². The highest BCUT2D eigenvalue weighted by molar-refractivity contribution is 5.86. The van der Waals surface area contributed by atoms with Crippen LogP contribution in [0.5, 0.6) is 0 Å². The summed E-state index contributed by atoms with van der Waals surface area (Å²) in [5, 5.41) is 8.21. The smallest absolute Gasteiger partial charge is 0.0650 e. The fourth-order valence-corrected chi connectivity index (χ4v) is 2.47. The van der Waals surface area contributed by atoms with Crippen molar-refractivity contribution >= 4 is 17.0 Å². The van der Waals surface area contributed by atoms with Crippen molar-refractivity contribution < 1.29 is 0 Å². The van der Waals surface area contributed by atoms with Crippen LogP contribution >= 0.6 is 0 Å². The number of aryl methyl sites for hydroxylation is 1. The van der Waals surface area contributed by atoms with E-state index in [2.05, 4.69) is 66.3 Å². The molecular formula is C18H19N3. The third-order valence-electron chi connectivity index (χ3n) is 3.89. The second-order valence-corrected chi connectivity index (χ2v) is 5.37. The van der Waals surface area contributed by atoms with Crippen LogP contribution in [0.1, 0.15) is 31.5 Å². The Morgan fingerprint density at radius 1 is 1.29 bits per heavy atom. The lowest BCUT2D eigenvalue weighted by Crippen LogP contribution is -1.92. The van der Waals surface area contributed by atoms with Crippen molar-refractivity contribution in [2.45, 2.75) is 27.2 Å². The van der Waals surface area contributed by atoms with Crippen molar-refractivity contribution in [2.75, 3.05) is 0 Å². The van der Waals surface area contributed by atoms with Gasteiger partial charge in [0.15, 0.2) is 0 Å². The molecule has 0 aliphatic rings. The summed E-state index contributed by atoms with van der Waals surface area (Å²) in [4.78, 5) is 4.44. The molecule has 0 bridgehead atoms. The number of nitrogens with one attached hydrogen (secondary N) is 1. The van der Waals surface area contributed by atoms with Gasteiger partial charge in [-0.1, -0.05) is 24.6 Å². The fraction of sp³-hybridized carbons (Fsp3) is 0.222. The van der Waals surface area contributed by atoms with E-state index >= 15 is 0 Å². The van der Waals surface area contributed by atoms with Gasteiger partial charge in [0.1, 0.15) is 0 Å². The Morgan fingerprint density at radius 2 is 2.14 bits per heavy atom. The summed E-state index contributed by atoms with van der Waals surface area (Å²) in [5.41, 5.74) is 7.11. The number of hydrogen-bond donors (Lipinski definition) is 1. The summed E-state index contributed by atoms with van der Waals surface area (Å²) < 4.78 is 0. The van der Waals surface area contributed by atoms with Crippen molar-refractivity contribution in [3.63, 3.8) is 0 Å². The fourth-order valence-electron chi connectivity index (χ4n) is 2.47. The molecule has 106 valence electrons. The monoisotopic (exact) mass is 277 g/mol. The summed E-state index contributed by atoms with van der Waals surface area (Å²) >= 11 is 0. The normalized spacial score (nSPS) is 12.0. The van der Waals surface area contributed by atoms with Crippen LogP contribution in [0.3, 0.4) is 0 Å². The first-order chi connectivity index (χ1) is 10.2. The molecule has 0 spiro atoms. The van der Waals surface area contributed by atoms with Gasteiger partial charge < -0.3 is 0 Å². The van der Waals surface area contributed by atoms with Crippen molar-refractivity contribution in [2.24, 2.45) is 0 Å². The first-order valence-corrected chi connectivity index (χ1v) is 7.25. The molecule has 0 amide bonds. The minimum atomic E-state index is 1.05. The molecule has 0 saturated carbocycles. The van der Waals surface area contributed by atoms with Crippen molar-refractivity contribution in [3.05, 3.63) is 53.5 Å². The molecular weight excluding hydrogens is 258 g/mol. The van der Waals surface area contributed by atoms with Gasteiger partial charge in [-0.05, 0) is 49.6 Å². The van der Waals surface area contributed by atoms with Crippen LogP contribution in [0, 0.1) is 6.92 Å². The lowest BCUT2D eigenvalue weighted by Gasteiger charge is -2.10. The van der Waals surface area contributed by atoms with Crippen LogP contribution < -0.4 is 0 Å². The Bertz CT molecular complexity index is 812. The van der Waals surface area contributed by atoms with E-state index in [-0.39, 0.29) is 0 Å². The highest BCUT2D eigenvalue weighted by Crippen LogP contribution is 2.29. The number of hydrogen-bond acceptors (Lipinski definition) is 2. The average molecular weight is 277 g/mol. The number of rotatable bonds is 3. The lowest BCUT2D eigenvalue weighted by molar-refractivity contribution is 1.11. The standard InChI is InChI=1S/C18H19N3/c1-4-12(2)9-17-13(3)19-8-7-16(17)14-5-6-18-15(10-14)11-20-21-18/h5-11H,4H2,1-3H3,(H,20,21)/b12-9+. The van der Waals surface area contributed by atoms with Gasteiger partial charge >= 0.3 is 0 Å². The first kappa shape index (κ1) is 13.6. The largest absolute Gasteiger partial charge is 0.278 e. The van der Waals surface area contributed by atoms with Crippen molar-refractivity contribution in [1.29, 1.82) is 0 Å². The molecule has 3 rings (SSSR count). The molecule has 3 heteroatoms. The Balaban J connectivity index is 2.19. The predicted octanol–water partition coefficient (Wildman–Crippen LogP) is 4.75. The molecule has 0 fully saturated rings. The molecule has 21 heavy (non-hydrogen) atoms. The number of aromatic nitrogens is 3. The van der Waals surface area contributed by atoms with Gasteiger partial charge in [0.25, 0.3) is 0 Å². The number of fused-ring (bicyclic) bond motifs is 1. The van der Waals surface area contributed by atoms with Crippen LogP contribution in [0.4, 0.5) is 0 Å². The highest BCUT2D eigenvalue weighted by Gasteiger charge is 2.08. The lowest BCUT2D eigenvalue weighted by atomic mass is 9.96. The molecule has 1 N–H and O–H groups in total. The number of benzene rings is 1. The highest BCUT2D eigenvalue weighted by atomic mass is 15.1. The maximum Gasteiger partial charge on any atom is 0.0650 e. The van der Waals surface area contributed by atoms with Gasteiger partial charge in [0.05, 0.1) is 11.7 Å². The maximum absolute atomic E-state index is 4.44. The van der Waals surface area contributed by atoms with E-state index in [1.165, 1.54) is 22.3 Å². The van der Waals surface area contributed by atoms with E-state index in [1.54, 1.807) is 0 Å². The van der Waals surface area contributed by atoms with Gasteiger partial charge in [-0.2, -0.15) is 5.10 Å². The van der Waals surface area contributed by atoms with Crippen LogP contribution in [0.25, 0.3) is 28.1 Å². The Morgan fingerprint density at radius 3 is 2.95 bits per heavy atom. The quantitative estimate of drug-likeness (QED) is 0.750. The molecule has 2 heterocycles. The minimum Gasteiger partial charge on any atom is -0.278 e. The summed E-state index contributed by atoms with van der Waals surface area (Å²) in [6, 6.07) is 8.47. The molecule has 1 aromatic carbocycles. The van der Waals surface area contributed by atoms with Crippen LogP contribution in [-0.2, 0) is 0 Å². The molecule has 3 nitrogen and oxygen atoms in total. The van der Waals surface area contributed by atoms with Gasteiger partial charge in [0.2, 0.25) is 0 Å². The van der Waals surface area contributed by atoms with Crippen LogP contribution in [0.2, 0.25) is 0 Å². The van der Waals surface area contributed by atoms with Crippen molar-refractivity contribution in [1.82, 2.24) is 15.2 Å². The SMILES string of the molecule is CC/C(C)=C/c1c(-c2ccc3[nH]ncc3c2)ccnc1C. The maximum atomic E-state index is 4.44. The van der Waals surface area contributed by atoms with Gasteiger partial charge in [-0.3, -0.25) is 10.1 Å². The number of pyridine rings is 1. The number of nitrogens with zero attached hydrogens (tertiary/aromatic N) is 2. The van der Waals surface area contributed by atoms with E-state index in [1.807, 2.05) is 12.4 Å². The summed E-state index contributed by atoms with van der Waals surface area (Å²) in [6.07, 6.45) is 7.04. The van der Waals surface area contributed by atoms with Crippen molar-refractivity contribution in [3.8, 4) is 11.1 Å². The number of aromatic amines is 1. The van der Waals surface area contributed by atoms with Crippen LogP contribution in [0.15, 0.2) is 42.2 Å². The van der Waals surface area contributed by atoms with E-state index in [4.69, 9.17) is 0 Å². The number of H-pyrrole nitrogens is 1. The molecule has 0 aliphatic carbocycles. The van der Waals surface area contributed by atoms with Gasteiger partial charge in [0, 0.05) is 22.8 Å². The summed E-state index contributed by atoms with van der Waals surface area (Å²) in [6.45, 7) is 6.40. The molecule has 0 atom stereocenters. The molecule has 0 radical (unpaired) electrons. The molecule has 0 aliphatic heterocycles. The van der Waals surface area contributed by atoms with E-state index < -0.39 is 0 Å². The first-order valence-electron chi connectivity index (χ1n) is 7.25. The second kappa shape index (κ2) is 5.52. The van der Waals surface area contributed by atoms with Gasteiger partial charge in [-0.25, -0.2) is 0 Å². The van der Waals surface area contributed by atoms with Gasteiger partial charge in [-0.15, -0.1) is 0 Å². The van der Waals surface area contributed by atoms with E-state index in [0.717, 1.165) is 23.0 Å². The second-order valence-electron chi connectivity index (χ2n) is 5.37. The summed E-state index contributed by atoms with van der Waals surface area (Å²) in [5.74, 6) is 0. The number of allylic oxidation sites excluding steroid dienone is 1. The average Bonchev–Trinajstić information content (AvgIpc) is 2.96. The zero-order chi connectivity index (χ0) is 14.8. The molecule has 3 aromatic rings. The minimum absolute atomic E-state index is 1.05. The Kier molecular flexibility index (Phi) is 3.57. The zero-order valence-electron chi connectivity index (χ0n) is 12.6.